The normalized spacial score (nSPS) is 11.8. The molecule has 0 aliphatic carbocycles. The number of ether oxygens (including phenoxy) is 1. The molecule has 5 nitrogen and oxygen atoms in total. The van der Waals surface area contributed by atoms with E-state index in [0.717, 1.165) is 17.7 Å². The van der Waals surface area contributed by atoms with Crippen LogP contribution in [-0.2, 0) is 5.60 Å². The van der Waals surface area contributed by atoms with Crippen LogP contribution < -0.4 is 10.5 Å². The van der Waals surface area contributed by atoms with E-state index < -0.39 is 23.0 Å². The summed E-state index contributed by atoms with van der Waals surface area (Å²) in [6, 6.07) is 10.9. The van der Waals surface area contributed by atoms with Gasteiger partial charge < -0.3 is 15.0 Å². The second-order valence-electron chi connectivity index (χ2n) is 7.10. The van der Waals surface area contributed by atoms with Crippen molar-refractivity contribution in [3.05, 3.63) is 59.9 Å². The number of nitrogens with zero attached hydrogens (tertiary/aromatic N) is 3. The van der Waals surface area contributed by atoms with E-state index in [0.29, 0.717) is 17.3 Å². The second kappa shape index (κ2) is 6.98. The summed E-state index contributed by atoms with van der Waals surface area (Å²) in [5, 5.41) is 8.57. The van der Waals surface area contributed by atoms with Crippen LogP contribution in [0.25, 0.3) is 11.4 Å². The number of rotatable bonds is 5. The minimum absolute atomic E-state index is 0.00380. The molecule has 7 heteroatoms. The molecule has 0 fully saturated rings. The number of aromatic nitrogens is 3. The van der Waals surface area contributed by atoms with Crippen LogP contribution in [0.15, 0.2) is 42.5 Å². The molecule has 0 amide bonds. The molecule has 27 heavy (non-hydrogen) atoms. The molecule has 3 rings (SSSR count). The number of nitrogens with two attached hydrogens (primary N) is 1. The molecule has 2 N–H and O–H groups in total. The van der Waals surface area contributed by atoms with Gasteiger partial charge in [0.1, 0.15) is 0 Å². The fraction of sp³-hybridized carbons (Fsp3) is 0.300. The van der Waals surface area contributed by atoms with E-state index in [9.17, 15) is 8.78 Å². The van der Waals surface area contributed by atoms with Gasteiger partial charge in [0.05, 0.1) is 0 Å². The van der Waals surface area contributed by atoms with Crippen molar-refractivity contribution in [1.82, 2.24) is 14.8 Å². The zero-order chi connectivity index (χ0) is 19.8. The van der Waals surface area contributed by atoms with E-state index in [1.165, 1.54) is 6.07 Å². The number of anilines is 1. The Morgan fingerprint density at radius 1 is 1.00 bits per heavy atom. The standard InChI is InChI=1S/C20H22F2N4O/c1-12(2)26-18(13-8-10-14(23)11-9-13)24-25-19(26)20(3,4)27-17-15(21)6-5-7-16(17)22/h5-12H,23H2,1-4H3. The Labute approximate surface area is 156 Å². The highest BCUT2D eigenvalue weighted by molar-refractivity contribution is 5.59. The second-order valence-corrected chi connectivity index (χ2v) is 7.10. The molecular weight excluding hydrogens is 350 g/mol. The molecule has 0 unspecified atom stereocenters. The first-order valence-corrected chi connectivity index (χ1v) is 8.65. The van der Waals surface area contributed by atoms with Gasteiger partial charge in [0.15, 0.2) is 34.6 Å². The van der Waals surface area contributed by atoms with Crippen LogP contribution in [0.2, 0.25) is 0 Å². The van der Waals surface area contributed by atoms with E-state index in [4.69, 9.17) is 10.5 Å². The van der Waals surface area contributed by atoms with Gasteiger partial charge in [-0.2, -0.15) is 0 Å². The molecule has 0 radical (unpaired) electrons. The van der Waals surface area contributed by atoms with Crippen LogP contribution in [0.3, 0.4) is 0 Å². The van der Waals surface area contributed by atoms with Crippen LogP contribution in [0.4, 0.5) is 14.5 Å². The van der Waals surface area contributed by atoms with Crippen molar-refractivity contribution in [2.75, 3.05) is 5.73 Å². The lowest BCUT2D eigenvalue weighted by atomic mass is 10.1. The predicted octanol–water partition coefficient (Wildman–Crippen LogP) is 4.70. The topological polar surface area (TPSA) is 66.0 Å². The van der Waals surface area contributed by atoms with Crippen LogP contribution in [0.5, 0.6) is 5.75 Å². The van der Waals surface area contributed by atoms with Crippen molar-refractivity contribution in [3.8, 4) is 17.1 Å². The average Bonchev–Trinajstić information content (AvgIpc) is 3.05. The van der Waals surface area contributed by atoms with Crippen molar-refractivity contribution in [2.45, 2.75) is 39.3 Å². The Kier molecular flexibility index (Phi) is 4.87. The third kappa shape index (κ3) is 3.63. The predicted molar refractivity (Wildman–Crippen MR) is 100 cm³/mol. The van der Waals surface area contributed by atoms with E-state index in [1.54, 1.807) is 26.0 Å². The fourth-order valence-corrected chi connectivity index (χ4v) is 2.90. The molecule has 0 saturated heterocycles. The van der Waals surface area contributed by atoms with Crippen molar-refractivity contribution in [2.24, 2.45) is 0 Å². The molecule has 0 atom stereocenters. The van der Waals surface area contributed by atoms with Gasteiger partial charge in [-0.1, -0.05) is 6.07 Å². The van der Waals surface area contributed by atoms with Crippen LogP contribution in [0, 0.1) is 11.6 Å². The molecule has 0 spiro atoms. The Bertz CT molecular complexity index is 929. The first-order valence-electron chi connectivity index (χ1n) is 8.65. The number of nitrogen functional groups attached to an aromatic ring is 1. The van der Waals surface area contributed by atoms with E-state index >= 15 is 0 Å². The highest BCUT2D eigenvalue weighted by Crippen LogP contribution is 2.34. The van der Waals surface area contributed by atoms with Gasteiger partial charge in [0.2, 0.25) is 0 Å². The van der Waals surface area contributed by atoms with Gasteiger partial charge >= 0.3 is 0 Å². The largest absolute Gasteiger partial charge is 0.474 e. The summed E-state index contributed by atoms with van der Waals surface area (Å²) in [5.74, 6) is -0.873. The average molecular weight is 372 g/mol. The van der Waals surface area contributed by atoms with Gasteiger partial charge in [0.25, 0.3) is 0 Å². The highest BCUT2D eigenvalue weighted by atomic mass is 19.1. The smallest absolute Gasteiger partial charge is 0.192 e. The van der Waals surface area contributed by atoms with Crippen molar-refractivity contribution < 1.29 is 13.5 Å². The molecule has 0 saturated carbocycles. The van der Waals surface area contributed by atoms with Gasteiger partial charge in [0, 0.05) is 17.3 Å². The summed E-state index contributed by atoms with van der Waals surface area (Å²) in [7, 11) is 0. The van der Waals surface area contributed by atoms with E-state index in [1.807, 2.05) is 30.5 Å². The van der Waals surface area contributed by atoms with Crippen LogP contribution in [0.1, 0.15) is 39.6 Å². The van der Waals surface area contributed by atoms with E-state index in [-0.39, 0.29) is 6.04 Å². The minimum Gasteiger partial charge on any atom is -0.474 e. The summed E-state index contributed by atoms with van der Waals surface area (Å²) in [5.41, 5.74) is 6.12. The molecular formula is C20H22F2N4O. The number of benzene rings is 2. The van der Waals surface area contributed by atoms with Gasteiger partial charge in [-0.3, -0.25) is 0 Å². The molecule has 0 aliphatic heterocycles. The summed E-state index contributed by atoms with van der Waals surface area (Å²) in [4.78, 5) is 0. The van der Waals surface area contributed by atoms with Crippen LogP contribution >= 0.6 is 0 Å². The third-order valence-electron chi connectivity index (χ3n) is 4.20. The Balaban J connectivity index is 2.06. The number of hydrogen-bond donors (Lipinski definition) is 1. The monoisotopic (exact) mass is 372 g/mol. The van der Waals surface area contributed by atoms with Crippen molar-refractivity contribution in [3.63, 3.8) is 0 Å². The molecule has 1 heterocycles. The Morgan fingerprint density at radius 2 is 1.59 bits per heavy atom. The first-order chi connectivity index (χ1) is 12.7. The Hall–Kier alpha value is -2.96. The minimum atomic E-state index is -1.12. The maximum Gasteiger partial charge on any atom is 0.192 e. The maximum atomic E-state index is 14.0. The zero-order valence-corrected chi connectivity index (χ0v) is 15.7. The third-order valence-corrected chi connectivity index (χ3v) is 4.20. The molecule has 2 aromatic carbocycles. The highest BCUT2D eigenvalue weighted by Gasteiger charge is 2.33. The molecule has 0 bridgehead atoms. The maximum absolute atomic E-state index is 14.0. The number of halogens is 2. The van der Waals surface area contributed by atoms with Crippen molar-refractivity contribution in [1.29, 1.82) is 0 Å². The zero-order valence-electron chi connectivity index (χ0n) is 15.7. The molecule has 142 valence electrons. The lowest BCUT2D eigenvalue weighted by Gasteiger charge is -2.28. The van der Waals surface area contributed by atoms with Gasteiger partial charge in [-0.05, 0) is 64.1 Å². The lowest BCUT2D eigenvalue weighted by molar-refractivity contribution is 0.0814. The summed E-state index contributed by atoms with van der Waals surface area (Å²) >= 11 is 0. The lowest BCUT2D eigenvalue weighted by Crippen LogP contribution is -2.31. The van der Waals surface area contributed by atoms with E-state index in [2.05, 4.69) is 10.2 Å². The molecule has 1 aromatic heterocycles. The SMILES string of the molecule is CC(C)n1c(-c2ccc(N)cc2)nnc1C(C)(C)Oc1c(F)cccc1F. The Morgan fingerprint density at radius 3 is 2.15 bits per heavy atom. The van der Waals surface area contributed by atoms with Crippen LogP contribution in [-0.4, -0.2) is 14.8 Å². The summed E-state index contributed by atoms with van der Waals surface area (Å²) < 4.78 is 35.7. The van der Waals surface area contributed by atoms with Gasteiger partial charge in [-0.15, -0.1) is 10.2 Å². The van der Waals surface area contributed by atoms with Gasteiger partial charge in [-0.25, -0.2) is 8.78 Å². The van der Waals surface area contributed by atoms with Crippen molar-refractivity contribution >= 4 is 5.69 Å². The fourth-order valence-electron chi connectivity index (χ4n) is 2.90. The number of hydrogen-bond acceptors (Lipinski definition) is 4. The summed E-state index contributed by atoms with van der Waals surface area (Å²) in [6.07, 6.45) is 0. The molecule has 3 aromatic rings. The summed E-state index contributed by atoms with van der Waals surface area (Å²) in [6.45, 7) is 7.36. The quantitative estimate of drug-likeness (QED) is 0.659. The molecule has 0 aliphatic rings. The first kappa shape index (κ1) is 18.8. The number of para-hydroxylation sites is 1.